The van der Waals surface area contributed by atoms with Gasteiger partial charge in [0.15, 0.2) is 0 Å². The molecule has 0 spiro atoms. The SMILES string of the molecule is OC1COCCOCCOCCOCC(O)CN2CCOCCN(CCOCC2)C1. The summed E-state index contributed by atoms with van der Waals surface area (Å²) >= 11 is 0. The van der Waals surface area contributed by atoms with Gasteiger partial charge in [0.05, 0.1) is 91.5 Å². The molecule has 0 aliphatic carbocycles. The Bertz CT molecular complexity index is 359. The van der Waals surface area contributed by atoms with Crippen LogP contribution in [0.3, 0.4) is 0 Å². The Labute approximate surface area is 179 Å². The van der Waals surface area contributed by atoms with Crippen molar-refractivity contribution < 1.29 is 38.6 Å². The fourth-order valence-electron chi connectivity index (χ4n) is 3.27. The molecule has 3 saturated heterocycles. The summed E-state index contributed by atoms with van der Waals surface area (Å²) in [7, 11) is 0. The molecule has 3 aliphatic rings. The van der Waals surface area contributed by atoms with E-state index in [1.807, 2.05) is 0 Å². The molecule has 2 unspecified atom stereocenters. The van der Waals surface area contributed by atoms with Gasteiger partial charge in [-0.1, -0.05) is 0 Å². The lowest BCUT2D eigenvalue weighted by Gasteiger charge is -2.28. The highest BCUT2D eigenvalue weighted by Gasteiger charge is 2.15. The van der Waals surface area contributed by atoms with Gasteiger partial charge in [0.25, 0.3) is 0 Å². The fraction of sp³-hybridized carbons (Fsp3) is 1.00. The normalized spacial score (nSPS) is 33.8. The number of nitrogens with zero attached hydrogens (tertiary/aromatic N) is 2. The second-order valence-electron chi connectivity index (χ2n) is 7.51. The molecule has 10 heteroatoms. The van der Waals surface area contributed by atoms with Gasteiger partial charge in [0, 0.05) is 39.3 Å². The van der Waals surface area contributed by atoms with E-state index in [0.29, 0.717) is 79.2 Å². The number of fused-ring (bicyclic) bond motifs is 23. The second-order valence-corrected chi connectivity index (χ2v) is 7.51. The molecular formula is C20H40N2O8. The van der Waals surface area contributed by atoms with Gasteiger partial charge in [-0.25, -0.2) is 0 Å². The van der Waals surface area contributed by atoms with Crippen LogP contribution in [0.1, 0.15) is 0 Å². The highest BCUT2D eigenvalue weighted by Crippen LogP contribution is 2.00. The molecule has 2 bridgehead atoms. The standard InChI is InChI=1S/C20H40N2O8/c23-19-15-21-1-5-25-7-3-22(4-8-26-6-2-21)16-20(24)18-30-14-12-28-10-9-27-11-13-29-17-19/h19-20,23-24H,1-18H2. The predicted molar refractivity (Wildman–Crippen MR) is 110 cm³/mol. The van der Waals surface area contributed by atoms with Crippen LogP contribution in [0.4, 0.5) is 0 Å². The van der Waals surface area contributed by atoms with Gasteiger partial charge in [-0.2, -0.15) is 0 Å². The first-order valence-corrected chi connectivity index (χ1v) is 11.0. The van der Waals surface area contributed by atoms with Gasteiger partial charge in [0.2, 0.25) is 0 Å². The molecule has 3 fully saturated rings. The summed E-state index contributed by atoms with van der Waals surface area (Å²) in [6.45, 7) is 9.54. The predicted octanol–water partition coefficient (Wildman–Crippen LogP) is -1.56. The van der Waals surface area contributed by atoms with E-state index in [0.717, 1.165) is 26.2 Å². The van der Waals surface area contributed by atoms with Crippen molar-refractivity contribution in [2.45, 2.75) is 12.2 Å². The Hall–Kier alpha value is -0.400. The first kappa shape index (κ1) is 25.9. The number of hydrogen-bond donors (Lipinski definition) is 2. The molecule has 0 radical (unpaired) electrons. The van der Waals surface area contributed by atoms with Crippen LogP contribution in [0.15, 0.2) is 0 Å². The lowest BCUT2D eigenvalue weighted by molar-refractivity contribution is -0.0296. The van der Waals surface area contributed by atoms with Crippen molar-refractivity contribution in [1.82, 2.24) is 9.80 Å². The van der Waals surface area contributed by atoms with Crippen molar-refractivity contribution in [1.29, 1.82) is 0 Å². The van der Waals surface area contributed by atoms with Gasteiger partial charge in [-0.3, -0.25) is 9.80 Å². The minimum Gasteiger partial charge on any atom is -0.389 e. The Morgan fingerprint density at radius 1 is 0.433 bits per heavy atom. The average molecular weight is 437 g/mol. The Morgan fingerprint density at radius 3 is 1.10 bits per heavy atom. The fourth-order valence-corrected chi connectivity index (χ4v) is 3.27. The summed E-state index contributed by atoms with van der Waals surface area (Å²) in [6, 6.07) is 0. The van der Waals surface area contributed by atoms with Gasteiger partial charge < -0.3 is 38.6 Å². The zero-order valence-electron chi connectivity index (χ0n) is 18.1. The van der Waals surface area contributed by atoms with Crippen molar-refractivity contribution in [2.24, 2.45) is 0 Å². The maximum atomic E-state index is 10.3. The maximum absolute atomic E-state index is 10.3. The molecule has 0 aromatic rings. The van der Waals surface area contributed by atoms with Gasteiger partial charge >= 0.3 is 0 Å². The van der Waals surface area contributed by atoms with Crippen molar-refractivity contribution in [3.63, 3.8) is 0 Å². The lowest BCUT2D eigenvalue weighted by Crippen LogP contribution is -2.42. The Balaban J connectivity index is 1.84. The van der Waals surface area contributed by atoms with Crippen LogP contribution in [0.2, 0.25) is 0 Å². The summed E-state index contributed by atoms with van der Waals surface area (Å²) in [5.74, 6) is 0. The smallest absolute Gasteiger partial charge is 0.0900 e. The molecule has 30 heavy (non-hydrogen) atoms. The lowest BCUT2D eigenvalue weighted by atomic mass is 10.3. The molecule has 3 heterocycles. The molecule has 3 aliphatic heterocycles. The molecule has 0 saturated carbocycles. The summed E-state index contributed by atoms with van der Waals surface area (Å²) in [5.41, 5.74) is 0. The van der Waals surface area contributed by atoms with Crippen molar-refractivity contribution in [3.8, 4) is 0 Å². The highest BCUT2D eigenvalue weighted by atomic mass is 16.6. The minimum atomic E-state index is -0.570. The Kier molecular flexibility index (Phi) is 14.8. The Morgan fingerprint density at radius 2 is 0.733 bits per heavy atom. The first-order valence-electron chi connectivity index (χ1n) is 11.0. The zero-order valence-corrected chi connectivity index (χ0v) is 18.1. The van der Waals surface area contributed by atoms with Gasteiger partial charge in [0.1, 0.15) is 0 Å². The number of hydrogen-bond acceptors (Lipinski definition) is 10. The topological polar surface area (TPSA) is 102 Å². The largest absolute Gasteiger partial charge is 0.389 e. The third kappa shape index (κ3) is 13.1. The van der Waals surface area contributed by atoms with E-state index in [1.165, 1.54) is 0 Å². The van der Waals surface area contributed by atoms with E-state index in [4.69, 9.17) is 28.4 Å². The third-order valence-corrected chi connectivity index (χ3v) is 4.88. The van der Waals surface area contributed by atoms with E-state index >= 15 is 0 Å². The van der Waals surface area contributed by atoms with Crippen LogP contribution in [0.5, 0.6) is 0 Å². The highest BCUT2D eigenvalue weighted by molar-refractivity contribution is 4.67. The number of rotatable bonds is 0. The number of aliphatic hydroxyl groups is 2. The van der Waals surface area contributed by atoms with Crippen LogP contribution in [-0.4, -0.2) is 151 Å². The van der Waals surface area contributed by atoms with E-state index in [-0.39, 0.29) is 13.2 Å². The van der Waals surface area contributed by atoms with E-state index in [9.17, 15) is 10.2 Å². The van der Waals surface area contributed by atoms with Crippen LogP contribution >= 0.6 is 0 Å². The molecule has 2 atom stereocenters. The molecule has 3 rings (SSSR count). The van der Waals surface area contributed by atoms with E-state index < -0.39 is 12.2 Å². The van der Waals surface area contributed by atoms with Crippen LogP contribution in [0, 0.1) is 0 Å². The molecular weight excluding hydrogens is 396 g/mol. The average Bonchev–Trinajstić information content (AvgIpc) is 2.71. The quantitative estimate of drug-likeness (QED) is 0.434. The summed E-state index contributed by atoms with van der Waals surface area (Å²) in [5, 5.41) is 20.5. The number of aliphatic hydroxyl groups excluding tert-OH is 2. The van der Waals surface area contributed by atoms with Crippen molar-refractivity contribution in [3.05, 3.63) is 0 Å². The van der Waals surface area contributed by atoms with Crippen LogP contribution in [0.25, 0.3) is 0 Å². The zero-order chi connectivity index (χ0) is 21.3. The second kappa shape index (κ2) is 17.2. The van der Waals surface area contributed by atoms with Gasteiger partial charge in [-0.15, -0.1) is 0 Å². The molecule has 2 N–H and O–H groups in total. The van der Waals surface area contributed by atoms with Gasteiger partial charge in [-0.05, 0) is 0 Å². The maximum Gasteiger partial charge on any atom is 0.0900 e. The molecule has 0 aromatic heterocycles. The van der Waals surface area contributed by atoms with E-state index in [2.05, 4.69) is 9.80 Å². The summed E-state index contributed by atoms with van der Waals surface area (Å²) < 4.78 is 33.5. The monoisotopic (exact) mass is 436 g/mol. The van der Waals surface area contributed by atoms with Crippen molar-refractivity contribution >= 4 is 0 Å². The van der Waals surface area contributed by atoms with E-state index in [1.54, 1.807) is 0 Å². The van der Waals surface area contributed by atoms with Crippen LogP contribution < -0.4 is 0 Å². The first-order chi connectivity index (χ1) is 14.7. The molecule has 178 valence electrons. The van der Waals surface area contributed by atoms with Crippen molar-refractivity contribution in [2.75, 3.05) is 119 Å². The van der Waals surface area contributed by atoms with Crippen LogP contribution in [-0.2, 0) is 28.4 Å². The number of ether oxygens (including phenoxy) is 6. The third-order valence-electron chi connectivity index (χ3n) is 4.88. The minimum absolute atomic E-state index is 0.271. The summed E-state index contributed by atoms with van der Waals surface area (Å²) in [6.07, 6.45) is -1.14. The molecule has 0 aromatic carbocycles. The molecule has 0 amide bonds. The summed E-state index contributed by atoms with van der Waals surface area (Å²) in [4.78, 5) is 4.27. The molecule has 10 nitrogen and oxygen atoms in total.